The van der Waals surface area contributed by atoms with Gasteiger partial charge in [-0.25, -0.2) is 4.39 Å². The Balaban J connectivity index is 2.23. The number of fused-ring (bicyclic) bond motifs is 1. The van der Waals surface area contributed by atoms with Crippen molar-refractivity contribution in [2.45, 2.75) is 0 Å². The van der Waals surface area contributed by atoms with Gasteiger partial charge >= 0.3 is 0 Å². The minimum absolute atomic E-state index is 0.201. The van der Waals surface area contributed by atoms with Crippen molar-refractivity contribution in [2.75, 3.05) is 6.79 Å². The SMILES string of the molecule is C=Cc1cc2c(cc1-c1ccccc1F)OCO2. The first-order chi connectivity index (χ1) is 8.79. The van der Waals surface area contributed by atoms with Crippen LogP contribution in [-0.4, -0.2) is 6.79 Å². The fourth-order valence-electron chi connectivity index (χ4n) is 2.04. The smallest absolute Gasteiger partial charge is 0.231 e. The molecule has 0 amide bonds. The Morgan fingerprint density at radius 3 is 2.50 bits per heavy atom. The molecule has 2 aromatic carbocycles. The third kappa shape index (κ3) is 1.64. The van der Waals surface area contributed by atoms with Crippen LogP contribution in [0.2, 0.25) is 0 Å². The molecule has 0 saturated carbocycles. The molecule has 0 spiro atoms. The van der Waals surface area contributed by atoms with E-state index >= 15 is 0 Å². The number of ether oxygens (including phenoxy) is 2. The second-order valence-electron chi connectivity index (χ2n) is 3.98. The van der Waals surface area contributed by atoms with E-state index in [0.29, 0.717) is 17.1 Å². The Bertz CT molecular complexity index is 620. The molecule has 0 radical (unpaired) electrons. The van der Waals surface area contributed by atoms with Crippen molar-refractivity contribution in [1.29, 1.82) is 0 Å². The highest BCUT2D eigenvalue weighted by molar-refractivity contribution is 5.78. The Hall–Kier alpha value is -2.29. The van der Waals surface area contributed by atoms with E-state index in [1.54, 1.807) is 30.3 Å². The summed E-state index contributed by atoms with van der Waals surface area (Å²) in [5.41, 5.74) is 2.11. The molecule has 0 aromatic heterocycles. The topological polar surface area (TPSA) is 18.5 Å². The van der Waals surface area contributed by atoms with Crippen molar-refractivity contribution in [3.63, 3.8) is 0 Å². The molecular weight excluding hydrogens is 231 g/mol. The Morgan fingerprint density at radius 2 is 1.78 bits per heavy atom. The van der Waals surface area contributed by atoms with E-state index < -0.39 is 0 Å². The number of hydrogen-bond acceptors (Lipinski definition) is 2. The average Bonchev–Trinajstić information content (AvgIpc) is 2.85. The van der Waals surface area contributed by atoms with Crippen molar-refractivity contribution < 1.29 is 13.9 Å². The number of halogens is 1. The van der Waals surface area contributed by atoms with Crippen LogP contribution in [0.15, 0.2) is 43.0 Å². The standard InChI is InChI=1S/C15H11FO2/c1-2-10-7-14-15(18-9-17-14)8-12(10)11-5-3-4-6-13(11)16/h2-8H,1,9H2. The third-order valence-corrected chi connectivity index (χ3v) is 2.93. The average molecular weight is 242 g/mol. The molecule has 0 unspecified atom stereocenters. The first-order valence-electron chi connectivity index (χ1n) is 5.60. The number of benzene rings is 2. The Labute approximate surface area is 104 Å². The minimum Gasteiger partial charge on any atom is -0.454 e. The molecular formula is C15H11FO2. The van der Waals surface area contributed by atoms with E-state index in [2.05, 4.69) is 6.58 Å². The second-order valence-corrected chi connectivity index (χ2v) is 3.98. The Kier molecular flexibility index (Phi) is 2.52. The normalized spacial score (nSPS) is 12.5. The van der Waals surface area contributed by atoms with Gasteiger partial charge in [-0.1, -0.05) is 30.9 Å². The van der Waals surface area contributed by atoms with Gasteiger partial charge in [0, 0.05) is 5.56 Å². The van der Waals surface area contributed by atoms with Gasteiger partial charge < -0.3 is 9.47 Å². The van der Waals surface area contributed by atoms with E-state index in [9.17, 15) is 4.39 Å². The zero-order valence-corrected chi connectivity index (χ0v) is 9.65. The highest BCUT2D eigenvalue weighted by atomic mass is 19.1. The third-order valence-electron chi connectivity index (χ3n) is 2.93. The molecule has 2 aromatic rings. The van der Waals surface area contributed by atoms with Crippen molar-refractivity contribution in [3.05, 3.63) is 54.4 Å². The fourth-order valence-corrected chi connectivity index (χ4v) is 2.04. The number of hydrogen-bond donors (Lipinski definition) is 0. The summed E-state index contributed by atoms with van der Waals surface area (Å²) in [5, 5.41) is 0. The van der Waals surface area contributed by atoms with Gasteiger partial charge in [0.25, 0.3) is 0 Å². The maximum Gasteiger partial charge on any atom is 0.231 e. The van der Waals surface area contributed by atoms with Gasteiger partial charge in [-0.3, -0.25) is 0 Å². The van der Waals surface area contributed by atoms with E-state index in [-0.39, 0.29) is 12.6 Å². The summed E-state index contributed by atoms with van der Waals surface area (Å²) in [6.07, 6.45) is 1.68. The molecule has 90 valence electrons. The highest BCUT2D eigenvalue weighted by Gasteiger charge is 2.18. The van der Waals surface area contributed by atoms with Crippen LogP contribution in [0.4, 0.5) is 4.39 Å². The van der Waals surface area contributed by atoms with Crippen molar-refractivity contribution in [3.8, 4) is 22.6 Å². The summed E-state index contributed by atoms with van der Waals surface area (Å²) in [4.78, 5) is 0. The Morgan fingerprint density at radius 1 is 1.06 bits per heavy atom. The predicted octanol–water partition coefficient (Wildman–Crippen LogP) is 3.86. The summed E-state index contributed by atoms with van der Waals surface area (Å²) < 4.78 is 24.5. The minimum atomic E-state index is -0.264. The molecule has 0 atom stereocenters. The first kappa shape index (κ1) is 10.8. The van der Waals surface area contributed by atoms with Gasteiger partial charge in [-0.2, -0.15) is 0 Å². The van der Waals surface area contributed by atoms with Gasteiger partial charge in [0.2, 0.25) is 6.79 Å². The summed E-state index contributed by atoms with van der Waals surface area (Å²) in [6.45, 7) is 3.95. The molecule has 2 nitrogen and oxygen atoms in total. The van der Waals surface area contributed by atoms with Crippen LogP contribution in [0.3, 0.4) is 0 Å². The summed E-state index contributed by atoms with van der Waals surface area (Å²) in [6, 6.07) is 10.2. The van der Waals surface area contributed by atoms with Gasteiger partial charge in [0.1, 0.15) is 5.82 Å². The summed E-state index contributed by atoms with van der Waals surface area (Å²) in [7, 11) is 0. The lowest BCUT2D eigenvalue weighted by atomic mass is 9.98. The number of rotatable bonds is 2. The molecule has 1 aliphatic heterocycles. The molecule has 0 fully saturated rings. The van der Waals surface area contributed by atoms with Crippen molar-refractivity contribution in [2.24, 2.45) is 0 Å². The molecule has 0 bridgehead atoms. The van der Waals surface area contributed by atoms with E-state index in [1.165, 1.54) is 6.07 Å². The van der Waals surface area contributed by atoms with Crippen LogP contribution in [0.5, 0.6) is 11.5 Å². The van der Waals surface area contributed by atoms with Crippen molar-refractivity contribution >= 4 is 6.08 Å². The first-order valence-corrected chi connectivity index (χ1v) is 5.60. The zero-order chi connectivity index (χ0) is 12.5. The lowest BCUT2D eigenvalue weighted by molar-refractivity contribution is 0.174. The fraction of sp³-hybridized carbons (Fsp3) is 0.0667. The van der Waals surface area contributed by atoms with E-state index in [0.717, 1.165) is 11.1 Å². The quantitative estimate of drug-likeness (QED) is 0.796. The molecule has 3 rings (SSSR count). The second kappa shape index (κ2) is 4.18. The van der Waals surface area contributed by atoms with Gasteiger partial charge in [-0.15, -0.1) is 0 Å². The highest BCUT2D eigenvalue weighted by Crippen LogP contribution is 2.39. The molecule has 0 aliphatic carbocycles. The van der Waals surface area contributed by atoms with Gasteiger partial charge in [-0.05, 0) is 29.3 Å². The lowest BCUT2D eigenvalue weighted by Crippen LogP contribution is -1.92. The van der Waals surface area contributed by atoms with E-state index in [1.807, 2.05) is 6.07 Å². The molecule has 1 heterocycles. The van der Waals surface area contributed by atoms with Crippen LogP contribution in [0.25, 0.3) is 17.2 Å². The maximum atomic E-state index is 13.8. The van der Waals surface area contributed by atoms with Crippen LogP contribution < -0.4 is 9.47 Å². The zero-order valence-electron chi connectivity index (χ0n) is 9.65. The predicted molar refractivity (Wildman–Crippen MR) is 68.1 cm³/mol. The molecule has 0 N–H and O–H groups in total. The lowest BCUT2D eigenvalue weighted by Gasteiger charge is -2.09. The monoisotopic (exact) mass is 242 g/mol. The van der Waals surface area contributed by atoms with Crippen LogP contribution in [-0.2, 0) is 0 Å². The van der Waals surface area contributed by atoms with E-state index in [4.69, 9.17) is 9.47 Å². The summed E-state index contributed by atoms with van der Waals surface area (Å²) in [5.74, 6) is 1.04. The molecule has 1 aliphatic rings. The van der Waals surface area contributed by atoms with Crippen LogP contribution in [0.1, 0.15) is 5.56 Å². The van der Waals surface area contributed by atoms with Crippen LogP contribution >= 0.6 is 0 Å². The molecule has 0 saturated heterocycles. The van der Waals surface area contributed by atoms with Crippen LogP contribution in [0, 0.1) is 5.82 Å². The maximum absolute atomic E-state index is 13.8. The molecule has 3 heteroatoms. The molecule has 18 heavy (non-hydrogen) atoms. The summed E-state index contributed by atoms with van der Waals surface area (Å²) >= 11 is 0. The largest absolute Gasteiger partial charge is 0.454 e. The van der Waals surface area contributed by atoms with Gasteiger partial charge in [0.05, 0.1) is 0 Å². The van der Waals surface area contributed by atoms with Crippen molar-refractivity contribution in [1.82, 2.24) is 0 Å². The van der Waals surface area contributed by atoms with Gasteiger partial charge in [0.15, 0.2) is 11.5 Å².